The lowest BCUT2D eigenvalue weighted by Gasteiger charge is -2.25. The molecule has 0 saturated carbocycles. The second-order valence-electron chi connectivity index (χ2n) is 8.22. The SMILES string of the molecule is CCc1ccc(/C(O)=C2/C(=O)C(=O)N(c3ccc(C(C)C)cc3)C2c2ccccn2)cc1. The van der Waals surface area contributed by atoms with E-state index in [1.165, 1.54) is 4.90 Å². The van der Waals surface area contributed by atoms with Crippen LogP contribution in [-0.4, -0.2) is 21.8 Å². The number of rotatable bonds is 5. The third kappa shape index (κ3) is 3.82. The summed E-state index contributed by atoms with van der Waals surface area (Å²) in [6.45, 7) is 6.24. The number of aliphatic hydroxyl groups is 1. The van der Waals surface area contributed by atoms with Crippen molar-refractivity contribution in [3.8, 4) is 0 Å². The molecule has 1 unspecified atom stereocenters. The number of nitrogens with zero attached hydrogens (tertiary/aromatic N) is 2. The molecule has 1 aliphatic heterocycles. The third-order valence-electron chi connectivity index (χ3n) is 5.89. The summed E-state index contributed by atoms with van der Waals surface area (Å²) in [6.07, 6.45) is 2.49. The Morgan fingerprint density at radius 3 is 2.25 bits per heavy atom. The van der Waals surface area contributed by atoms with Crippen molar-refractivity contribution in [1.29, 1.82) is 0 Å². The molecule has 3 aromatic rings. The molecule has 1 atom stereocenters. The van der Waals surface area contributed by atoms with Crippen LogP contribution in [0.5, 0.6) is 0 Å². The summed E-state index contributed by atoms with van der Waals surface area (Å²) in [4.78, 5) is 32.2. The molecule has 5 nitrogen and oxygen atoms in total. The molecule has 5 heteroatoms. The number of hydrogen-bond donors (Lipinski definition) is 1. The van der Waals surface area contributed by atoms with E-state index < -0.39 is 17.7 Å². The standard InChI is InChI=1S/C27H26N2O3/c1-4-18-8-10-20(11-9-18)25(30)23-24(22-7-5-6-16-28-22)29(27(32)26(23)31)21-14-12-19(13-15-21)17(2)3/h5-17,24,30H,4H2,1-3H3/b25-23-. The van der Waals surface area contributed by atoms with Crippen LogP contribution in [0, 0.1) is 0 Å². The van der Waals surface area contributed by atoms with E-state index in [-0.39, 0.29) is 11.3 Å². The maximum Gasteiger partial charge on any atom is 0.300 e. The minimum atomic E-state index is -0.813. The Kier molecular flexibility index (Phi) is 5.91. The number of ketones is 1. The highest BCUT2D eigenvalue weighted by atomic mass is 16.3. The van der Waals surface area contributed by atoms with Gasteiger partial charge in [0.05, 0.1) is 11.3 Å². The Morgan fingerprint density at radius 2 is 1.69 bits per heavy atom. The second-order valence-corrected chi connectivity index (χ2v) is 8.22. The Balaban J connectivity index is 1.87. The van der Waals surface area contributed by atoms with Gasteiger partial charge in [-0.15, -0.1) is 0 Å². The van der Waals surface area contributed by atoms with E-state index >= 15 is 0 Å². The molecule has 0 spiro atoms. The number of anilines is 1. The number of Topliss-reactive ketones (excluding diaryl/α,β-unsaturated/α-hetero) is 1. The van der Waals surface area contributed by atoms with Crippen LogP contribution >= 0.6 is 0 Å². The van der Waals surface area contributed by atoms with Crippen LogP contribution in [-0.2, 0) is 16.0 Å². The van der Waals surface area contributed by atoms with Crippen molar-refractivity contribution in [1.82, 2.24) is 4.98 Å². The molecule has 1 amide bonds. The zero-order valence-corrected chi connectivity index (χ0v) is 18.4. The zero-order valence-electron chi connectivity index (χ0n) is 18.4. The van der Waals surface area contributed by atoms with Gasteiger partial charge in [-0.1, -0.05) is 63.2 Å². The summed E-state index contributed by atoms with van der Waals surface area (Å²) >= 11 is 0. The molecule has 4 rings (SSSR count). The Bertz CT molecular complexity index is 1160. The monoisotopic (exact) mass is 426 g/mol. The van der Waals surface area contributed by atoms with E-state index in [4.69, 9.17) is 0 Å². The Hall–Kier alpha value is -3.73. The van der Waals surface area contributed by atoms with Crippen molar-refractivity contribution in [2.24, 2.45) is 0 Å². The summed E-state index contributed by atoms with van der Waals surface area (Å²) in [5.41, 5.74) is 3.91. The average Bonchev–Trinajstić information content (AvgIpc) is 3.09. The molecule has 2 heterocycles. The summed E-state index contributed by atoms with van der Waals surface area (Å²) in [5.74, 6) is -1.24. The van der Waals surface area contributed by atoms with Crippen molar-refractivity contribution in [2.45, 2.75) is 39.2 Å². The number of hydrogen-bond acceptors (Lipinski definition) is 4. The van der Waals surface area contributed by atoms with Crippen molar-refractivity contribution in [3.05, 3.63) is 101 Å². The van der Waals surface area contributed by atoms with Crippen LogP contribution in [0.25, 0.3) is 5.76 Å². The Morgan fingerprint density at radius 1 is 1.00 bits per heavy atom. The lowest BCUT2D eigenvalue weighted by molar-refractivity contribution is -0.132. The molecule has 1 saturated heterocycles. The summed E-state index contributed by atoms with van der Waals surface area (Å²) in [6, 6.07) is 19.5. The molecule has 0 radical (unpaired) electrons. The predicted molar refractivity (Wildman–Crippen MR) is 125 cm³/mol. The third-order valence-corrected chi connectivity index (χ3v) is 5.89. The van der Waals surface area contributed by atoms with Crippen molar-refractivity contribution >= 4 is 23.1 Å². The first kappa shape index (κ1) is 21.5. The lowest BCUT2D eigenvalue weighted by Crippen LogP contribution is -2.29. The van der Waals surface area contributed by atoms with Crippen molar-refractivity contribution in [3.63, 3.8) is 0 Å². The largest absolute Gasteiger partial charge is 0.507 e. The smallest absolute Gasteiger partial charge is 0.300 e. The van der Waals surface area contributed by atoms with Crippen LogP contribution < -0.4 is 4.90 Å². The number of aryl methyl sites for hydroxylation is 1. The molecule has 162 valence electrons. The maximum atomic E-state index is 13.2. The van der Waals surface area contributed by atoms with Gasteiger partial charge in [-0.2, -0.15) is 0 Å². The van der Waals surface area contributed by atoms with Gasteiger partial charge in [-0.3, -0.25) is 19.5 Å². The fourth-order valence-corrected chi connectivity index (χ4v) is 3.99. The van der Waals surface area contributed by atoms with E-state index in [0.717, 1.165) is 17.5 Å². The molecule has 0 aliphatic carbocycles. The number of amides is 1. The molecule has 32 heavy (non-hydrogen) atoms. The van der Waals surface area contributed by atoms with Crippen LogP contribution in [0.15, 0.2) is 78.5 Å². The molecule has 1 aromatic heterocycles. The van der Waals surface area contributed by atoms with E-state index in [0.29, 0.717) is 22.9 Å². The Labute approximate surface area is 188 Å². The number of aliphatic hydroxyl groups excluding tert-OH is 1. The van der Waals surface area contributed by atoms with E-state index in [1.807, 2.05) is 43.3 Å². The number of pyridine rings is 1. The van der Waals surface area contributed by atoms with Gasteiger partial charge < -0.3 is 5.11 Å². The van der Waals surface area contributed by atoms with Gasteiger partial charge >= 0.3 is 0 Å². The van der Waals surface area contributed by atoms with Gasteiger partial charge in [0.2, 0.25) is 0 Å². The first-order chi connectivity index (χ1) is 15.4. The summed E-state index contributed by atoms with van der Waals surface area (Å²) < 4.78 is 0. The van der Waals surface area contributed by atoms with E-state index in [9.17, 15) is 14.7 Å². The van der Waals surface area contributed by atoms with Crippen LogP contribution in [0.3, 0.4) is 0 Å². The molecule has 1 N–H and O–H groups in total. The molecular weight excluding hydrogens is 400 g/mol. The van der Waals surface area contributed by atoms with Crippen LogP contribution in [0.2, 0.25) is 0 Å². The highest BCUT2D eigenvalue weighted by molar-refractivity contribution is 6.51. The quantitative estimate of drug-likeness (QED) is 0.337. The van der Waals surface area contributed by atoms with Gasteiger partial charge in [0.25, 0.3) is 11.7 Å². The van der Waals surface area contributed by atoms with Gasteiger partial charge in [-0.25, -0.2) is 0 Å². The van der Waals surface area contributed by atoms with Crippen LogP contribution in [0.1, 0.15) is 55.1 Å². The summed E-state index contributed by atoms with van der Waals surface area (Å²) in [5, 5.41) is 11.1. The van der Waals surface area contributed by atoms with Crippen molar-refractivity contribution < 1.29 is 14.7 Å². The fraction of sp³-hybridized carbons (Fsp3) is 0.222. The highest BCUT2D eigenvalue weighted by Crippen LogP contribution is 2.41. The molecular formula is C27H26N2O3. The predicted octanol–water partition coefficient (Wildman–Crippen LogP) is 5.39. The molecule has 0 bridgehead atoms. The number of carbonyl (C=O) groups is 2. The first-order valence-corrected chi connectivity index (χ1v) is 10.8. The van der Waals surface area contributed by atoms with E-state index in [2.05, 4.69) is 18.8 Å². The van der Waals surface area contributed by atoms with Crippen LogP contribution in [0.4, 0.5) is 5.69 Å². The second kappa shape index (κ2) is 8.79. The summed E-state index contributed by atoms with van der Waals surface area (Å²) in [7, 11) is 0. The topological polar surface area (TPSA) is 70.5 Å². The molecule has 1 aliphatic rings. The minimum Gasteiger partial charge on any atom is -0.507 e. The van der Waals surface area contributed by atoms with Gasteiger partial charge in [0, 0.05) is 17.4 Å². The fourth-order valence-electron chi connectivity index (χ4n) is 3.99. The van der Waals surface area contributed by atoms with E-state index in [1.54, 1.807) is 36.5 Å². The average molecular weight is 427 g/mol. The zero-order chi connectivity index (χ0) is 22.8. The maximum absolute atomic E-state index is 13.2. The minimum absolute atomic E-state index is 0.0471. The van der Waals surface area contributed by atoms with Crippen molar-refractivity contribution in [2.75, 3.05) is 4.90 Å². The van der Waals surface area contributed by atoms with Gasteiger partial charge in [0.15, 0.2) is 0 Å². The first-order valence-electron chi connectivity index (χ1n) is 10.8. The molecule has 1 fully saturated rings. The number of benzene rings is 2. The molecule has 2 aromatic carbocycles. The highest BCUT2D eigenvalue weighted by Gasteiger charge is 2.47. The normalized spacial score (nSPS) is 17.9. The number of aromatic nitrogens is 1. The number of carbonyl (C=O) groups excluding carboxylic acids is 2. The van der Waals surface area contributed by atoms with Gasteiger partial charge in [0.1, 0.15) is 11.8 Å². The lowest BCUT2D eigenvalue weighted by atomic mass is 9.97. The van der Waals surface area contributed by atoms with Gasteiger partial charge in [-0.05, 0) is 47.7 Å².